The zero-order valence-electron chi connectivity index (χ0n) is 17.6. The molecule has 0 bridgehead atoms. The first-order chi connectivity index (χ1) is 14.4. The number of pyridine rings is 2. The van der Waals surface area contributed by atoms with Crippen LogP contribution in [0.3, 0.4) is 0 Å². The molecular weight excluding hydrogens is 380 g/mol. The fourth-order valence-corrected chi connectivity index (χ4v) is 3.72. The molecule has 1 saturated heterocycles. The average Bonchev–Trinajstić information content (AvgIpc) is 2.75. The number of hydrogen-bond acceptors (Lipinski definition) is 6. The molecular formula is C22H26N6O2. The zero-order chi connectivity index (χ0) is 21.3. The second-order valence-electron chi connectivity index (χ2n) is 8.08. The number of piperazine rings is 1. The van der Waals surface area contributed by atoms with E-state index in [1.165, 1.54) is 0 Å². The third-order valence-corrected chi connectivity index (χ3v) is 5.30. The predicted molar refractivity (Wildman–Crippen MR) is 116 cm³/mol. The minimum absolute atomic E-state index is 0.0306. The highest BCUT2D eigenvalue weighted by Gasteiger charge is 2.25. The molecule has 1 fully saturated rings. The zero-order valence-corrected chi connectivity index (χ0v) is 17.6. The van der Waals surface area contributed by atoms with Crippen LogP contribution in [0.25, 0.3) is 11.0 Å². The van der Waals surface area contributed by atoms with Crippen molar-refractivity contribution < 1.29 is 4.79 Å². The van der Waals surface area contributed by atoms with Crippen LogP contribution in [0.2, 0.25) is 0 Å². The summed E-state index contributed by atoms with van der Waals surface area (Å²) in [4.78, 5) is 42.8. The lowest BCUT2D eigenvalue weighted by atomic mass is 10.2. The molecule has 8 nitrogen and oxygen atoms in total. The highest BCUT2D eigenvalue weighted by atomic mass is 16.2. The van der Waals surface area contributed by atoms with Crippen LogP contribution in [0, 0.1) is 12.8 Å². The number of hydrogen-bond donors (Lipinski definition) is 0. The molecule has 0 radical (unpaired) electrons. The molecule has 1 aliphatic heterocycles. The van der Waals surface area contributed by atoms with E-state index < -0.39 is 0 Å². The van der Waals surface area contributed by atoms with Crippen molar-refractivity contribution in [2.45, 2.75) is 27.3 Å². The van der Waals surface area contributed by atoms with Crippen molar-refractivity contribution >= 4 is 22.8 Å². The van der Waals surface area contributed by atoms with E-state index in [1.54, 1.807) is 34.1 Å². The summed E-state index contributed by atoms with van der Waals surface area (Å²) in [5, 5.41) is 0. The number of amides is 1. The maximum Gasteiger partial charge on any atom is 0.294 e. The lowest BCUT2D eigenvalue weighted by molar-refractivity contribution is 0.0746. The molecule has 0 saturated carbocycles. The van der Waals surface area contributed by atoms with Gasteiger partial charge in [0.25, 0.3) is 11.5 Å². The lowest BCUT2D eigenvalue weighted by Crippen LogP contribution is -2.50. The summed E-state index contributed by atoms with van der Waals surface area (Å²) in [6.45, 7) is 8.86. The summed E-state index contributed by atoms with van der Waals surface area (Å²) in [6, 6.07) is 5.48. The number of aryl methyl sites for hydroxylation is 1. The Bertz CT molecular complexity index is 1110. The number of fused-ring (bicyclic) bond motifs is 1. The van der Waals surface area contributed by atoms with E-state index in [-0.39, 0.29) is 11.5 Å². The number of carbonyl (C=O) groups excluding carboxylic acids is 1. The molecule has 0 unspecified atom stereocenters. The summed E-state index contributed by atoms with van der Waals surface area (Å²) in [7, 11) is 0. The van der Waals surface area contributed by atoms with E-state index in [2.05, 4.69) is 28.8 Å². The Balaban J connectivity index is 1.57. The highest BCUT2D eigenvalue weighted by molar-refractivity contribution is 5.94. The van der Waals surface area contributed by atoms with E-state index in [9.17, 15) is 9.59 Å². The van der Waals surface area contributed by atoms with Gasteiger partial charge in [-0.2, -0.15) is 0 Å². The van der Waals surface area contributed by atoms with Gasteiger partial charge in [0.2, 0.25) is 0 Å². The van der Waals surface area contributed by atoms with Crippen LogP contribution in [0.1, 0.15) is 29.9 Å². The standard InChI is InChI=1S/C22H26N6O2/c1-15(2)14-28-19-13-23-7-6-18(19)25-20(22(28)30)26-8-10-27(11-9-26)21(29)17-5-4-16(3)24-12-17/h4-7,12-13,15H,8-11,14H2,1-3H3. The van der Waals surface area contributed by atoms with Gasteiger partial charge in [-0.05, 0) is 31.0 Å². The Morgan fingerprint density at radius 2 is 1.87 bits per heavy atom. The van der Waals surface area contributed by atoms with Crippen LogP contribution >= 0.6 is 0 Å². The lowest BCUT2D eigenvalue weighted by Gasteiger charge is -2.35. The van der Waals surface area contributed by atoms with Crippen LogP contribution in [-0.2, 0) is 6.54 Å². The summed E-state index contributed by atoms with van der Waals surface area (Å²) >= 11 is 0. The maximum atomic E-state index is 13.2. The summed E-state index contributed by atoms with van der Waals surface area (Å²) < 4.78 is 1.77. The molecule has 0 aliphatic carbocycles. The second kappa shape index (κ2) is 8.22. The van der Waals surface area contributed by atoms with Crippen LogP contribution in [0.4, 0.5) is 5.82 Å². The number of aromatic nitrogens is 4. The van der Waals surface area contributed by atoms with Crippen molar-refractivity contribution in [1.29, 1.82) is 0 Å². The SMILES string of the molecule is Cc1ccc(C(=O)N2CCN(c3nc4ccncc4n(CC(C)C)c3=O)CC2)cn1. The Hall–Kier alpha value is -3.29. The smallest absolute Gasteiger partial charge is 0.294 e. The Kier molecular flexibility index (Phi) is 5.48. The van der Waals surface area contributed by atoms with Gasteiger partial charge in [0.05, 0.1) is 22.8 Å². The van der Waals surface area contributed by atoms with Crippen LogP contribution in [-0.4, -0.2) is 56.5 Å². The molecule has 8 heteroatoms. The van der Waals surface area contributed by atoms with Crippen molar-refractivity contribution in [1.82, 2.24) is 24.4 Å². The molecule has 4 rings (SSSR count). The topological polar surface area (TPSA) is 84.2 Å². The minimum Gasteiger partial charge on any atom is -0.348 e. The Morgan fingerprint density at radius 3 is 2.53 bits per heavy atom. The van der Waals surface area contributed by atoms with Gasteiger partial charge < -0.3 is 14.4 Å². The molecule has 0 aromatic carbocycles. The van der Waals surface area contributed by atoms with Crippen molar-refractivity contribution in [2.24, 2.45) is 5.92 Å². The average molecular weight is 406 g/mol. The number of anilines is 1. The number of carbonyl (C=O) groups is 1. The van der Waals surface area contributed by atoms with Crippen molar-refractivity contribution in [3.8, 4) is 0 Å². The Labute approximate surface area is 175 Å². The van der Waals surface area contributed by atoms with E-state index >= 15 is 0 Å². The first-order valence-corrected chi connectivity index (χ1v) is 10.3. The Morgan fingerprint density at radius 1 is 1.10 bits per heavy atom. The number of nitrogens with zero attached hydrogens (tertiary/aromatic N) is 6. The molecule has 30 heavy (non-hydrogen) atoms. The largest absolute Gasteiger partial charge is 0.348 e. The molecule has 3 aromatic heterocycles. The minimum atomic E-state index is -0.105. The van der Waals surface area contributed by atoms with Gasteiger partial charge in [-0.25, -0.2) is 4.98 Å². The van der Waals surface area contributed by atoms with Gasteiger partial charge in [-0.1, -0.05) is 13.8 Å². The van der Waals surface area contributed by atoms with Crippen LogP contribution in [0.5, 0.6) is 0 Å². The third kappa shape index (κ3) is 3.90. The van der Waals surface area contributed by atoms with E-state index in [1.807, 2.05) is 24.0 Å². The van der Waals surface area contributed by atoms with E-state index in [0.717, 1.165) is 16.7 Å². The van der Waals surface area contributed by atoms with Gasteiger partial charge in [-0.15, -0.1) is 0 Å². The first kappa shape index (κ1) is 20.0. The van der Waals surface area contributed by atoms with Gasteiger partial charge >= 0.3 is 0 Å². The van der Waals surface area contributed by atoms with Gasteiger partial charge in [0.15, 0.2) is 5.82 Å². The predicted octanol–water partition coefficient (Wildman–Crippen LogP) is 2.11. The molecule has 0 N–H and O–H groups in total. The molecule has 156 valence electrons. The molecule has 1 aliphatic rings. The van der Waals surface area contributed by atoms with Gasteiger partial charge in [0, 0.05) is 50.8 Å². The molecule has 0 atom stereocenters. The maximum absolute atomic E-state index is 13.2. The summed E-state index contributed by atoms with van der Waals surface area (Å²) in [5.74, 6) is 0.731. The van der Waals surface area contributed by atoms with Crippen molar-refractivity contribution in [2.75, 3.05) is 31.1 Å². The fraction of sp³-hybridized carbons (Fsp3) is 0.409. The molecule has 1 amide bonds. The van der Waals surface area contributed by atoms with Crippen molar-refractivity contribution in [3.63, 3.8) is 0 Å². The quantitative estimate of drug-likeness (QED) is 0.660. The molecule has 0 spiro atoms. The monoisotopic (exact) mass is 406 g/mol. The second-order valence-corrected chi connectivity index (χ2v) is 8.08. The summed E-state index contributed by atoms with van der Waals surface area (Å²) in [6.07, 6.45) is 5.01. The third-order valence-electron chi connectivity index (χ3n) is 5.30. The first-order valence-electron chi connectivity index (χ1n) is 10.3. The van der Waals surface area contributed by atoms with E-state index in [4.69, 9.17) is 0 Å². The normalized spacial score (nSPS) is 14.5. The summed E-state index contributed by atoms with van der Waals surface area (Å²) in [5.41, 5.74) is 2.87. The van der Waals surface area contributed by atoms with Crippen molar-refractivity contribution in [3.05, 3.63) is 58.4 Å². The molecule has 3 aromatic rings. The molecule has 4 heterocycles. The fourth-order valence-electron chi connectivity index (χ4n) is 3.72. The highest BCUT2D eigenvalue weighted by Crippen LogP contribution is 2.17. The number of rotatable bonds is 4. The van der Waals surface area contributed by atoms with E-state index in [0.29, 0.717) is 50.0 Å². The van der Waals surface area contributed by atoms with Gasteiger partial charge in [-0.3, -0.25) is 19.6 Å². The van der Waals surface area contributed by atoms with Crippen LogP contribution in [0.15, 0.2) is 41.6 Å². The van der Waals surface area contributed by atoms with Crippen LogP contribution < -0.4 is 10.5 Å². The van der Waals surface area contributed by atoms with Gasteiger partial charge in [0.1, 0.15) is 0 Å².